The SMILES string of the molecule is CC(C)c1ccccc1NC(=O)CCn1ccc(=O)[nH]c1=O. The maximum absolute atomic E-state index is 12.0. The molecule has 116 valence electrons. The number of benzene rings is 1. The van der Waals surface area contributed by atoms with Gasteiger partial charge < -0.3 is 9.88 Å². The van der Waals surface area contributed by atoms with E-state index in [-0.39, 0.29) is 18.9 Å². The Morgan fingerprint density at radius 1 is 1.23 bits per heavy atom. The first-order valence-electron chi connectivity index (χ1n) is 7.16. The second-order valence-electron chi connectivity index (χ2n) is 5.34. The van der Waals surface area contributed by atoms with Gasteiger partial charge in [0.1, 0.15) is 0 Å². The number of nitrogens with one attached hydrogen (secondary N) is 2. The number of anilines is 1. The van der Waals surface area contributed by atoms with Crippen LogP contribution in [-0.4, -0.2) is 15.5 Å². The number of rotatable bonds is 5. The van der Waals surface area contributed by atoms with Gasteiger partial charge >= 0.3 is 5.69 Å². The lowest BCUT2D eigenvalue weighted by Gasteiger charge is -2.13. The zero-order chi connectivity index (χ0) is 16.1. The Morgan fingerprint density at radius 3 is 2.64 bits per heavy atom. The summed E-state index contributed by atoms with van der Waals surface area (Å²) in [5.41, 5.74) is 0.896. The summed E-state index contributed by atoms with van der Waals surface area (Å²) in [4.78, 5) is 36.7. The first kappa shape index (κ1) is 15.8. The number of hydrogen-bond donors (Lipinski definition) is 2. The van der Waals surface area contributed by atoms with Crippen LogP contribution in [0.5, 0.6) is 0 Å². The summed E-state index contributed by atoms with van der Waals surface area (Å²) in [6.07, 6.45) is 1.54. The summed E-state index contributed by atoms with van der Waals surface area (Å²) in [6, 6.07) is 8.90. The third-order valence-electron chi connectivity index (χ3n) is 3.33. The highest BCUT2D eigenvalue weighted by atomic mass is 16.2. The Morgan fingerprint density at radius 2 is 1.95 bits per heavy atom. The molecular formula is C16H19N3O3. The number of carbonyl (C=O) groups is 1. The minimum absolute atomic E-state index is 0.151. The van der Waals surface area contributed by atoms with E-state index in [0.717, 1.165) is 11.3 Å². The van der Waals surface area contributed by atoms with Crippen molar-refractivity contribution in [3.63, 3.8) is 0 Å². The minimum Gasteiger partial charge on any atom is -0.326 e. The van der Waals surface area contributed by atoms with E-state index in [1.807, 2.05) is 24.3 Å². The molecule has 0 aliphatic rings. The molecule has 0 radical (unpaired) electrons. The van der Waals surface area contributed by atoms with Crippen molar-refractivity contribution in [3.8, 4) is 0 Å². The largest absolute Gasteiger partial charge is 0.328 e. The predicted octanol–water partition coefficient (Wildman–Crippen LogP) is 1.69. The van der Waals surface area contributed by atoms with Crippen LogP contribution in [0, 0.1) is 0 Å². The van der Waals surface area contributed by atoms with Crippen molar-refractivity contribution in [3.05, 3.63) is 62.9 Å². The number of aryl methyl sites for hydroxylation is 1. The van der Waals surface area contributed by atoms with E-state index < -0.39 is 11.2 Å². The van der Waals surface area contributed by atoms with Gasteiger partial charge in [0.25, 0.3) is 5.56 Å². The third-order valence-corrected chi connectivity index (χ3v) is 3.33. The van der Waals surface area contributed by atoms with Crippen LogP contribution in [0.15, 0.2) is 46.1 Å². The summed E-state index contributed by atoms with van der Waals surface area (Å²) >= 11 is 0. The highest BCUT2D eigenvalue weighted by Crippen LogP contribution is 2.23. The van der Waals surface area contributed by atoms with Crippen LogP contribution in [0.4, 0.5) is 5.69 Å². The van der Waals surface area contributed by atoms with Crippen molar-refractivity contribution >= 4 is 11.6 Å². The molecule has 1 heterocycles. The van der Waals surface area contributed by atoms with Crippen molar-refractivity contribution < 1.29 is 4.79 Å². The highest BCUT2D eigenvalue weighted by molar-refractivity contribution is 5.91. The molecule has 2 aromatic rings. The normalized spacial score (nSPS) is 10.7. The quantitative estimate of drug-likeness (QED) is 0.881. The average molecular weight is 301 g/mol. The molecule has 1 amide bonds. The van der Waals surface area contributed by atoms with Gasteiger partial charge in [-0.05, 0) is 17.5 Å². The molecule has 0 aliphatic heterocycles. The van der Waals surface area contributed by atoms with Crippen LogP contribution in [0.3, 0.4) is 0 Å². The molecule has 2 N–H and O–H groups in total. The lowest BCUT2D eigenvalue weighted by Crippen LogP contribution is -2.29. The van der Waals surface area contributed by atoms with E-state index in [0.29, 0.717) is 5.92 Å². The van der Waals surface area contributed by atoms with Gasteiger partial charge in [0.2, 0.25) is 5.91 Å². The number of H-pyrrole nitrogens is 1. The fourth-order valence-corrected chi connectivity index (χ4v) is 2.17. The molecule has 0 saturated heterocycles. The standard InChI is InChI=1S/C16H19N3O3/c1-11(2)12-5-3-4-6-13(12)17-14(20)7-9-19-10-8-15(21)18-16(19)22/h3-6,8,10-11H,7,9H2,1-2H3,(H,17,20)(H,18,21,22). The van der Waals surface area contributed by atoms with Crippen molar-refractivity contribution in [1.29, 1.82) is 0 Å². The van der Waals surface area contributed by atoms with E-state index >= 15 is 0 Å². The Balaban J connectivity index is 2.02. The number of aromatic nitrogens is 2. The molecule has 0 bridgehead atoms. The Hall–Kier alpha value is -2.63. The number of hydrogen-bond acceptors (Lipinski definition) is 3. The van der Waals surface area contributed by atoms with Crippen LogP contribution in [-0.2, 0) is 11.3 Å². The molecule has 0 unspecified atom stereocenters. The van der Waals surface area contributed by atoms with Gasteiger partial charge in [0.15, 0.2) is 0 Å². The monoisotopic (exact) mass is 301 g/mol. The van der Waals surface area contributed by atoms with Gasteiger partial charge in [-0.25, -0.2) is 4.79 Å². The lowest BCUT2D eigenvalue weighted by atomic mass is 10.0. The molecule has 2 rings (SSSR count). The van der Waals surface area contributed by atoms with Crippen LogP contribution < -0.4 is 16.6 Å². The van der Waals surface area contributed by atoms with E-state index in [4.69, 9.17) is 0 Å². The first-order valence-corrected chi connectivity index (χ1v) is 7.16. The minimum atomic E-state index is -0.511. The summed E-state index contributed by atoms with van der Waals surface area (Å²) in [5, 5.41) is 2.87. The molecule has 22 heavy (non-hydrogen) atoms. The summed E-state index contributed by atoms with van der Waals surface area (Å²) in [6.45, 7) is 4.33. The Bertz CT molecular complexity index is 774. The highest BCUT2D eigenvalue weighted by Gasteiger charge is 2.09. The first-order chi connectivity index (χ1) is 10.5. The van der Waals surface area contributed by atoms with Crippen LogP contribution >= 0.6 is 0 Å². The van der Waals surface area contributed by atoms with Crippen LogP contribution in [0.1, 0.15) is 31.7 Å². The van der Waals surface area contributed by atoms with Crippen molar-refractivity contribution in [1.82, 2.24) is 9.55 Å². The smallest absolute Gasteiger partial charge is 0.326 e. The zero-order valence-corrected chi connectivity index (χ0v) is 12.6. The van der Waals surface area contributed by atoms with Gasteiger partial charge in [0, 0.05) is 30.9 Å². The maximum atomic E-state index is 12.0. The molecule has 1 aromatic heterocycles. The molecule has 0 fully saturated rings. The number of carbonyl (C=O) groups excluding carboxylic acids is 1. The van der Waals surface area contributed by atoms with Gasteiger partial charge in [-0.2, -0.15) is 0 Å². The Labute approximate surface area is 127 Å². The molecule has 0 aliphatic carbocycles. The van der Waals surface area contributed by atoms with Gasteiger partial charge in [-0.15, -0.1) is 0 Å². The molecule has 0 atom stereocenters. The maximum Gasteiger partial charge on any atom is 0.328 e. The molecule has 1 aromatic carbocycles. The molecule has 0 spiro atoms. The molecular weight excluding hydrogens is 282 g/mol. The van der Waals surface area contributed by atoms with E-state index in [1.165, 1.54) is 16.8 Å². The Kier molecular flexibility index (Phi) is 4.93. The second kappa shape index (κ2) is 6.89. The topological polar surface area (TPSA) is 84.0 Å². The van der Waals surface area contributed by atoms with E-state index in [2.05, 4.69) is 24.1 Å². The average Bonchev–Trinajstić information content (AvgIpc) is 2.46. The van der Waals surface area contributed by atoms with Crippen molar-refractivity contribution in [2.75, 3.05) is 5.32 Å². The third kappa shape index (κ3) is 3.94. The fraction of sp³-hybridized carbons (Fsp3) is 0.312. The summed E-state index contributed by atoms with van der Waals surface area (Å²) in [5.74, 6) is 0.129. The lowest BCUT2D eigenvalue weighted by molar-refractivity contribution is -0.116. The number of amides is 1. The fourth-order valence-electron chi connectivity index (χ4n) is 2.17. The molecule has 6 nitrogen and oxygen atoms in total. The molecule has 0 saturated carbocycles. The van der Waals surface area contributed by atoms with Crippen LogP contribution in [0.25, 0.3) is 0 Å². The number of nitrogens with zero attached hydrogens (tertiary/aromatic N) is 1. The van der Waals surface area contributed by atoms with Gasteiger partial charge in [-0.3, -0.25) is 14.6 Å². The molecule has 6 heteroatoms. The van der Waals surface area contributed by atoms with Crippen molar-refractivity contribution in [2.24, 2.45) is 0 Å². The van der Waals surface area contributed by atoms with Gasteiger partial charge in [-0.1, -0.05) is 32.0 Å². The number of aromatic amines is 1. The zero-order valence-electron chi connectivity index (χ0n) is 12.6. The summed E-state index contributed by atoms with van der Waals surface area (Å²) < 4.78 is 1.30. The van der Waals surface area contributed by atoms with E-state index in [1.54, 1.807) is 0 Å². The summed E-state index contributed by atoms with van der Waals surface area (Å²) in [7, 11) is 0. The van der Waals surface area contributed by atoms with Crippen LogP contribution in [0.2, 0.25) is 0 Å². The number of para-hydroxylation sites is 1. The van der Waals surface area contributed by atoms with Gasteiger partial charge in [0.05, 0.1) is 0 Å². The van der Waals surface area contributed by atoms with Crippen molar-refractivity contribution in [2.45, 2.75) is 32.7 Å². The predicted molar refractivity (Wildman–Crippen MR) is 85.1 cm³/mol. The second-order valence-corrected chi connectivity index (χ2v) is 5.34. The van der Waals surface area contributed by atoms with E-state index in [9.17, 15) is 14.4 Å².